The van der Waals surface area contributed by atoms with E-state index in [-0.39, 0.29) is 0 Å². The van der Waals surface area contributed by atoms with E-state index in [4.69, 9.17) is 10.5 Å². The first kappa shape index (κ1) is 13.4. The number of methoxy groups -OCH3 is 1. The fourth-order valence-corrected chi connectivity index (χ4v) is 2.53. The van der Waals surface area contributed by atoms with Crippen molar-refractivity contribution in [3.63, 3.8) is 0 Å². The molecule has 2 atom stereocenters. The van der Waals surface area contributed by atoms with Crippen molar-refractivity contribution < 1.29 is 4.74 Å². The van der Waals surface area contributed by atoms with Gasteiger partial charge >= 0.3 is 0 Å². The SMILES string of the molecule is COC1CCN(Cc2ccnc(C)n2)C(CN)C1. The van der Waals surface area contributed by atoms with E-state index < -0.39 is 0 Å². The number of ether oxygens (including phenoxy) is 1. The Kier molecular flexibility index (Phi) is 4.63. The maximum atomic E-state index is 5.86. The van der Waals surface area contributed by atoms with Crippen molar-refractivity contribution >= 4 is 0 Å². The summed E-state index contributed by atoms with van der Waals surface area (Å²) >= 11 is 0. The van der Waals surface area contributed by atoms with E-state index in [1.54, 1.807) is 7.11 Å². The van der Waals surface area contributed by atoms with Crippen molar-refractivity contribution in [1.29, 1.82) is 0 Å². The first-order chi connectivity index (χ1) is 8.72. The number of aromatic nitrogens is 2. The van der Waals surface area contributed by atoms with Gasteiger partial charge in [-0.1, -0.05) is 0 Å². The van der Waals surface area contributed by atoms with Gasteiger partial charge in [-0.05, 0) is 25.8 Å². The Morgan fingerprint density at radius 3 is 3.06 bits per heavy atom. The van der Waals surface area contributed by atoms with Gasteiger partial charge in [0.1, 0.15) is 5.82 Å². The molecule has 0 bridgehead atoms. The number of piperidine rings is 1. The van der Waals surface area contributed by atoms with Crippen molar-refractivity contribution in [2.24, 2.45) is 5.73 Å². The lowest BCUT2D eigenvalue weighted by atomic mass is 9.99. The summed E-state index contributed by atoms with van der Waals surface area (Å²) in [4.78, 5) is 11.0. The molecule has 0 amide bonds. The first-order valence-corrected chi connectivity index (χ1v) is 6.48. The molecular weight excluding hydrogens is 228 g/mol. The van der Waals surface area contributed by atoms with Crippen molar-refractivity contribution in [3.8, 4) is 0 Å². The minimum Gasteiger partial charge on any atom is -0.381 e. The number of hydrogen-bond donors (Lipinski definition) is 1. The first-order valence-electron chi connectivity index (χ1n) is 6.48. The third-order valence-corrected chi connectivity index (χ3v) is 3.59. The Morgan fingerprint density at radius 2 is 2.39 bits per heavy atom. The van der Waals surface area contributed by atoms with E-state index in [0.717, 1.165) is 37.4 Å². The second-order valence-corrected chi connectivity index (χ2v) is 4.84. The molecule has 1 aromatic rings. The summed E-state index contributed by atoms with van der Waals surface area (Å²) in [6.07, 6.45) is 4.24. The predicted octanol–water partition coefficient (Wildman–Crippen LogP) is 0.723. The van der Waals surface area contributed by atoms with Crippen LogP contribution in [0.3, 0.4) is 0 Å². The molecule has 0 radical (unpaired) electrons. The molecule has 1 aromatic heterocycles. The van der Waals surface area contributed by atoms with Crippen LogP contribution in [0.4, 0.5) is 0 Å². The van der Waals surface area contributed by atoms with Crippen LogP contribution in [-0.4, -0.2) is 47.2 Å². The zero-order valence-corrected chi connectivity index (χ0v) is 11.2. The molecule has 2 heterocycles. The highest BCUT2D eigenvalue weighted by Gasteiger charge is 2.27. The highest BCUT2D eigenvalue weighted by atomic mass is 16.5. The van der Waals surface area contributed by atoms with Gasteiger partial charge in [0.25, 0.3) is 0 Å². The van der Waals surface area contributed by atoms with Gasteiger partial charge in [-0.15, -0.1) is 0 Å². The lowest BCUT2D eigenvalue weighted by molar-refractivity contribution is 0.00975. The molecule has 5 nitrogen and oxygen atoms in total. The highest BCUT2D eigenvalue weighted by molar-refractivity contribution is 5.02. The molecule has 0 aromatic carbocycles. The molecule has 0 saturated carbocycles. The second kappa shape index (κ2) is 6.22. The number of aryl methyl sites for hydroxylation is 1. The lowest BCUT2D eigenvalue weighted by Crippen LogP contribution is -2.48. The minimum absolute atomic E-state index is 0.349. The van der Waals surface area contributed by atoms with Crippen LogP contribution in [0.25, 0.3) is 0 Å². The van der Waals surface area contributed by atoms with Crippen LogP contribution < -0.4 is 5.73 Å². The molecule has 100 valence electrons. The summed E-state index contributed by atoms with van der Waals surface area (Å²) in [6.45, 7) is 4.45. The Morgan fingerprint density at radius 1 is 1.56 bits per heavy atom. The summed E-state index contributed by atoms with van der Waals surface area (Å²) < 4.78 is 5.43. The standard InChI is InChI=1S/C13H22N4O/c1-10-15-5-3-11(16-10)9-17-6-4-13(18-2)7-12(17)8-14/h3,5,12-13H,4,6-9,14H2,1-2H3. The van der Waals surface area contributed by atoms with E-state index in [1.807, 2.05) is 19.2 Å². The molecule has 1 aliphatic heterocycles. The fourth-order valence-electron chi connectivity index (χ4n) is 2.53. The normalized spacial score (nSPS) is 25.3. The zero-order valence-electron chi connectivity index (χ0n) is 11.2. The Balaban J connectivity index is 2.00. The summed E-state index contributed by atoms with van der Waals surface area (Å²) in [5, 5.41) is 0. The smallest absolute Gasteiger partial charge is 0.125 e. The quantitative estimate of drug-likeness (QED) is 0.853. The highest BCUT2D eigenvalue weighted by Crippen LogP contribution is 2.20. The van der Waals surface area contributed by atoms with Crippen LogP contribution in [0.5, 0.6) is 0 Å². The van der Waals surface area contributed by atoms with Gasteiger partial charge < -0.3 is 10.5 Å². The van der Waals surface area contributed by atoms with Gasteiger partial charge in [0.15, 0.2) is 0 Å². The maximum absolute atomic E-state index is 5.86. The van der Waals surface area contributed by atoms with Crippen LogP contribution >= 0.6 is 0 Å². The van der Waals surface area contributed by atoms with E-state index in [2.05, 4.69) is 14.9 Å². The van der Waals surface area contributed by atoms with Gasteiger partial charge in [0.05, 0.1) is 11.8 Å². The van der Waals surface area contributed by atoms with E-state index in [1.165, 1.54) is 0 Å². The monoisotopic (exact) mass is 250 g/mol. The van der Waals surface area contributed by atoms with Crippen LogP contribution in [-0.2, 0) is 11.3 Å². The summed E-state index contributed by atoms with van der Waals surface area (Å²) in [7, 11) is 1.78. The summed E-state index contributed by atoms with van der Waals surface area (Å²) in [5.41, 5.74) is 6.93. The van der Waals surface area contributed by atoms with E-state index >= 15 is 0 Å². The average molecular weight is 250 g/mol. The number of nitrogens with zero attached hydrogens (tertiary/aromatic N) is 3. The zero-order chi connectivity index (χ0) is 13.0. The summed E-state index contributed by atoms with van der Waals surface area (Å²) in [6, 6.07) is 2.36. The minimum atomic E-state index is 0.349. The molecule has 2 rings (SSSR count). The molecule has 0 spiro atoms. The van der Waals surface area contributed by atoms with Gasteiger partial charge in [0, 0.05) is 39.0 Å². The maximum Gasteiger partial charge on any atom is 0.125 e. The molecule has 2 N–H and O–H groups in total. The van der Waals surface area contributed by atoms with Gasteiger partial charge in [-0.2, -0.15) is 0 Å². The lowest BCUT2D eigenvalue weighted by Gasteiger charge is -2.38. The van der Waals surface area contributed by atoms with Crippen molar-refractivity contribution in [2.75, 3.05) is 20.2 Å². The van der Waals surface area contributed by atoms with Gasteiger partial charge in [-0.3, -0.25) is 4.90 Å². The van der Waals surface area contributed by atoms with Gasteiger partial charge in [0.2, 0.25) is 0 Å². The average Bonchev–Trinajstić information content (AvgIpc) is 2.39. The predicted molar refractivity (Wildman–Crippen MR) is 70.1 cm³/mol. The molecule has 2 unspecified atom stereocenters. The van der Waals surface area contributed by atoms with E-state index in [9.17, 15) is 0 Å². The van der Waals surface area contributed by atoms with Crippen molar-refractivity contribution in [2.45, 2.75) is 38.5 Å². The Labute approximate surface area is 108 Å². The molecule has 1 aliphatic rings. The number of likely N-dealkylation sites (tertiary alicyclic amines) is 1. The third-order valence-electron chi connectivity index (χ3n) is 3.59. The second-order valence-electron chi connectivity index (χ2n) is 4.84. The number of hydrogen-bond acceptors (Lipinski definition) is 5. The van der Waals surface area contributed by atoms with Crippen molar-refractivity contribution in [1.82, 2.24) is 14.9 Å². The van der Waals surface area contributed by atoms with E-state index in [0.29, 0.717) is 18.7 Å². The Hall–Kier alpha value is -1.04. The van der Waals surface area contributed by atoms with Crippen molar-refractivity contribution in [3.05, 3.63) is 23.8 Å². The molecule has 1 saturated heterocycles. The fraction of sp³-hybridized carbons (Fsp3) is 0.692. The number of rotatable bonds is 4. The molecule has 1 fully saturated rings. The topological polar surface area (TPSA) is 64.3 Å². The molecule has 5 heteroatoms. The summed E-state index contributed by atoms with van der Waals surface area (Å²) in [5.74, 6) is 0.823. The number of nitrogens with two attached hydrogens (primary N) is 1. The molecule has 18 heavy (non-hydrogen) atoms. The third kappa shape index (κ3) is 3.25. The Bertz CT molecular complexity index is 385. The molecule has 0 aliphatic carbocycles. The van der Waals surface area contributed by atoms with Crippen LogP contribution in [0.2, 0.25) is 0 Å². The van der Waals surface area contributed by atoms with Crippen LogP contribution in [0.15, 0.2) is 12.3 Å². The largest absolute Gasteiger partial charge is 0.381 e. The van der Waals surface area contributed by atoms with Crippen LogP contribution in [0, 0.1) is 6.92 Å². The molecular formula is C13H22N4O. The van der Waals surface area contributed by atoms with Gasteiger partial charge in [-0.25, -0.2) is 9.97 Å². The van der Waals surface area contributed by atoms with Crippen LogP contribution in [0.1, 0.15) is 24.4 Å².